The normalized spacial score (nSPS) is 21.0. The fraction of sp³-hybridized carbons (Fsp3) is 0.500. The van der Waals surface area contributed by atoms with Crippen LogP contribution in [0.1, 0.15) is 19.8 Å². The molecule has 0 saturated heterocycles. The van der Waals surface area contributed by atoms with Crippen LogP contribution in [0, 0.1) is 5.92 Å². The Hall–Kier alpha value is -0.830. The number of hydrogen-bond donors (Lipinski definition) is 2. The minimum absolute atomic E-state index is 0.390. The second-order valence-electron chi connectivity index (χ2n) is 3.27. The first kappa shape index (κ1) is 10.3. The SMILES string of the molecule is CCC1=CC=CC(CNC(N)=S)C1. The molecular formula is C10H16N2S. The Morgan fingerprint density at radius 3 is 3.15 bits per heavy atom. The van der Waals surface area contributed by atoms with Crippen LogP contribution in [-0.2, 0) is 0 Å². The van der Waals surface area contributed by atoms with Crippen LogP contribution in [0.4, 0.5) is 0 Å². The molecule has 0 heterocycles. The summed E-state index contributed by atoms with van der Waals surface area (Å²) in [6.45, 7) is 3.03. The van der Waals surface area contributed by atoms with Gasteiger partial charge in [0.1, 0.15) is 0 Å². The smallest absolute Gasteiger partial charge is 0.163 e. The van der Waals surface area contributed by atoms with E-state index in [0.29, 0.717) is 11.0 Å². The molecule has 13 heavy (non-hydrogen) atoms. The Bertz CT molecular complexity index is 243. The zero-order valence-corrected chi connectivity index (χ0v) is 8.73. The standard InChI is InChI=1S/C10H16N2S/c1-2-8-4-3-5-9(6-8)7-12-10(11)13/h3-5,9H,2,6-7H2,1H3,(H3,11,12,13). The molecule has 0 radical (unpaired) electrons. The van der Waals surface area contributed by atoms with E-state index in [0.717, 1.165) is 19.4 Å². The van der Waals surface area contributed by atoms with Crippen LogP contribution in [0.25, 0.3) is 0 Å². The molecule has 0 bridgehead atoms. The highest BCUT2D eigenvalue weighted by Gasteiger charge is 2.09. The van der Waals surface area contributed by atoms with Gasteiger partial charge in [0.25, 0.3) is 0 Å². The topological polar surface area (TPSA) is 38.0 Å². The van der Waals surface area contributed by atoms with E-state index in [-0.39, 0.29) is 0 Å². The highest BCUT2D eigenvalue weighted by atomic mass is 32.1. The van der Waals surface area contributed by atoms with Gasteiger partial charge in [-0.05, 0) is 31.0 Å². The zero-order chi connectivity index (χ0) is 9.68. The van der Waals surface area contributed by atoms with Gasteiger partial charge in [0, 0.05) is 6.54 Å². The summed E-state index contributed by atoms with van der Waals surface area (Å²) >= 11 is 4.75. The van der Waals surface area contributed by atoms with E-state index < -0.39 is 0 Å². The lowest BCUT2D eigenvalue weighted by Gasteiger charge is -2.18. The van der Waals surface area contributed by atoms with E-state index in [1.54, 1.807) is 0 Å². The third-order valence-electron chi connectivity index (χ3n) is 2.23. The van der Waals surface area contributed by atoms with Gasteiger partial charge in [-0.15, -0.1) is 0 Å². The summed E-state index contributed by atoms with van der Waals surface area (Å²) in [5, 5.41) is 3.38. The molecule has 0 amide bonds. The molecule has 0 saturated carbocycles. The fourth-order valence-electron chi connectivity index (χ4n) is 1.46. The molecule has 1 unspecified atom stereocenters. The third-order valence-corrected chi connectivity index (χ3v) is 2.38. The lowest BCUT2D eigenvalue weighted by molar-refractivity contribution is 0.605. The van der Waals surface area contributed by atoms with Crippen LogP contribution in [0.5, 0.6) is 0 Å². The highest BCUT2D eigenvalue weighted by Crippen LogP contribution is 2.19. The minimum atomic E-state index is 0.390. The lowest BCUT2D eigenvalue weighted by Crippen LogP contribution is -2.33. The summed E-state index contributed by atoms with van der Waals surface area (Å²) in [6.07, 6.45) is 8.77. The molecule has 2 nitrogen and oxygen atoms in total. The molecule has 3 N–H and O–H groups in total. The van der Waals surface area contributed by atoms with E-state index >= 15 is 0 Å². The van der Waals surface area contributed by atoms with Crippen LogP contribution >= 0.6 is 12.2 Å². The Morgan fingerprint density at radius 1 is 1.77 bits per heavy atom. The maximum Gasteiger partial charge on any atom is 0.163 e. The molecular weight excluding hydrogens is 180 g/mol. The largest absolute Gasteiger partial charge is 0.376 e. The van der Waals surface area contributed by atoms with Crippen molar-refractivity contribution in [2.75, 3.05) is 6.54 Å². The van der Waals surface area contributed by atoms with Crippen molar-refractivity contribution in [1.82, 2.24) is 5.32 Å². The van der Waals surface area contributed by atoms with E-state index in [1.807, 2.05) is 0 Å². The second-order valence-corrected chi connectivity index (χ2v) is 3.71. The average Bonchev–Trinajstić information content (AvgIpc) is 2.15. The van der Waals surface area contributed by atoms with Crippen molar-refractivity contribution in [3.8, 4) is 0 Å². The van der Waals surface area contributed by atoms with Gasteiger partial charge >= 0.3 is 0 Å². The van der Waals surface area contributed by atoms with Gasteiger partial charge in [0.05, 0.1) is 0 Å². The van der Waals surface area contributed by atoms with Gasteiger partial charge in [-0.1, -0.05) is 30.7 Å². The van der Waals surface area contributed by atoms with Gasteiger partial charge in [-0.3, -0.25) is 0 Å². The van der Waals surface area contributed by atoms with Gasteiger partial charge in [-0.25, -0.2) is 0 Å². The van der Waals surface area contributed by atoms with E-state index in [4.69, 9.17) is 18.0 Å². The monoisotopic (exact) mass is 196 g/mol. The second kappa shape index (κ2) is 5.02. The Labute approximate surface area is 84.9 Å². The van der Waals surface area contributed by atoms with E-state index in [1.165, 1.54) is 5.57 Å². The van der Waals surface area contributed by atoms with Crippen LogP contribution in [0.3, 0.4) is 0 Å². The van der Waals surface area contributed by atoms with E-state index in [2.05, 4.69) is 30.5 Å². The van der Waals surface area contributed by atoms with Gasteiger partial charge in [0.2, 0.25) is 0 Å². The van der Waals surface area contributed by atoms with E-state index in [9.17, 15) is 0 Å². The summed E-state index contributed by atoms with van der Waals surface area (Å²) in [7, 11) is 0. The molecule has 0 aromatic carbocycles. The first-order valence-corrected chi connectivity index (χ1v) is 5.02. The number of hydrogen-bond acceptors (Lipinski definition) is 1. The zero-order valence-electron chi connectivity index (χ0n) is 7.92. The van der Waals surface area contributed by atoms with Crippen molar-refractivity contribution in [3.63, 3.8) is 0 Å². The number of nitrogens with one attached hydrogen (secondary N) is 1. The maximum absolute atomic E-state index is 5.36. The van der Waals surface area contributed by atoms with Crippen LogP contribution < -0.4 is 11.1 Å². The third kappa shape index (κ3) is 3.59. The summed E-state index contributed by atoms with van der Waals surface area (Å²) in [6, 6.07) is 0. The van der Waals surface area contributed by atoms with Crippen LogP contribution in [0.15, 0.2) is 23.8 Å². The number of thiocarbonyl (C=S) groups is 1. The predicted octanol–water partition coefficient (Wildman–Crippen LogP) is 1.73. The molecule has 0 spiro atoms. The average molecular weight is 196 g/mol. The highest BCUT2D eigenvalue weighted by molar-refractivity contribution is 7.80. The predicted molar refractivity (Wildman–Crippen MR) is 60.4 cm³/mol. The van der Waals surface area contributed by atoms with Gasteiger partial charge in [0.15, 0.2) is 5.11 Å². The number of rotatable bonds is 3. The molecule has 72 valence electrons. The quantitative estimate of drug-likeness (QED) is 0.675. The molecule has 1 aliphatic rings. The Morgan fingerprint density at radius 2 is 2.54 bits per heavy atom. The Balaban J connectivity index is 2.35. The molecule has 1 rings (SSSR count). The molecule has 0 aliphatic heterocycles. The minimum Gasteiger partial charge on any atom is -0.376 e. The first-order valence-electron chi connectivity index (χ1n) is 4.62. The molecule has 1 atom stereocenters. The van der Waals surface area contributed by atoms with Crippen LogP contribution in [0.2, 0.25) is 0 Å². The van der Waals surface area contributed by atoms with Crippen molar-refractivity contribution in [1.29, 1.82) is 0 Å². The lowest BCUT2D eigenvalue weighted by atomic mass is 9.93. The number of nitrogens with two attached hydrogens (primary N) is 1. The van der Waals surface area contributed by atoms with Crippen molar-refractivity contribution in [2.24, 2.45) is 11.7 Å². The van der Waals surface area contributed by atoms with Crippen molar-refractivity contribution >= 4 is 17.3 Å². The molecule has 0 fully saturated rings. The molecule has 0 aromatic rings. The summed E-state index contributed by atoms with van der Waals surface area (Å²) in [5.41, 5.74) is 6.86. The number of allylic oxidation sites excluding steroid dienone is 3. The molecule has 1 aliphatic carbocycles. The Kier molecular flexibility index (Phi) is 3.96. The van der Waals surface area contributed by atoms with Crippen LogP contribution in [-0.4, -0.2) is 11.7 Å². The summed E-state index contributed by atoms with van der Waals surface area (Å²) < 4.78 is 0. The summed E-state index contributed by atoms with van der Waals surface area (Å²) in [4.78, 5) is 0. The first-order chi connectivity index (χ1) is 6.22. The van der Waals surface area contributed by atoms with Gasteiger partial charge in [-0.2, -0.15) is 0 Å². The van der Waals surface area contributed by atoms with Gasteiger partial charge < -0.3 is 11.1 Å². The van der Waals surface area contributed by atoms with Crippen molar-refractivity contribution in [3.05, 3.63) is 23.8 Å². The van der Waals surface area contributed by atoms with Crippen molar-refractivity contribution < 1.29 is 0 Å². The summed E-state index contributed by atoms with van der Waals surface area (Å²) in [5.74, 6) is 0.543. The maximum atomic E-state index is 5.36. The fourth-order valence-corrected chi connectivity index (χ4v) is 1.54. The molecule has 0 aromatic heterocycles. The molecule has 3 heteroatoms. The van der Waals surface area contributed by atoms with Crippen molar-refractivity contribution in [2.45, 2.75) is 19.8 Å².